The van der Waals surface area contributed by atoms with Crippen LogP contribution in [-0.4, -0.2) is 49.6 Å². The fraction of sp³-hybridized carbons (Fsp3) is 0.688. The third-order valence-electron chi connectivity index (χ3n) is 3.54. The molecule has 0 bridgehead atoms. The zero-order valence-corrected chi connectivity index (χ0v) is 14.7. The Labute approximate surface area is 133 Å². The van der Waals surface area contributed by atoms with Gasteiger partial charge in [-0.25, -0.2) is 0 Å². The second-order valence-electron chi connectivity index (χ2n) is 5.05. The first-order chi connectivity index (χ1) is 10.2. The number of nitrogens with zero attached hydrogens (tertiary/aromatic N) is 2. The lowest BCUT2D eigenvalue weighted by Crippen LogP contribution is -2.40. The van der Waals surface area contributed by atoms with Crippen molar-refractivity contribution in [2.24, 2.45) is 4.99 Å². The molecule has 1 unspecified atom stereocenters. The van der Waals surface area contributed by atoms with Gasteiger partial charge in [-0.15, -0.1) is 11.3 Å². The summed E-state index contributed by atoms with van der Waals surface area (Å²) in [7, 11) is 0. The maximum absolute atomic E-state index is 4.71. The monoisotopic (exact) mass is 310 g/mol. The lowest BCUT2D eigenvalue weighted by Gasteiger charge is -2.25. The second-order valence-corrected chi connectivity index (χ2v) is 6.08. The smallest absolute Gasteiger partial charge is 0.191 e. The molecule has 21 heavy (non-hydrogen) atoms. The highest BCUT2D eigenvalue weighted by molar-refractivity contribution is 7.09. The Balaban J connectivity index is 2.41. The van der Waals surface area contributed by atoms with Crippen molar-refractivity contribution in [3.8, 4) is 0 Å². The van der Waals surface area contributed by atoms with Crippen LogP contribution in [0.4, 0.5) is 0 Å². The van der Waals surface area contributed by atoms with Crippen LogP contribution in [0, 0.1) is 0 Å². The van der Waals surface area contributed by atoms with Crippen molar-refractivity contribution >= 4 is 17.3 Å². The van der Waals surface area contributed by atoms with Crippen molar-refractivity contribution in [1.29, 1.82) is 0 Å². The van der Waals surface area contributed by atoms with Crippen molar-refractivity contribution in [2.75, 3.05) is 32.7 Å². The van der Waals surface area contributed by atoms with Gasteiger partial charge in [-0.1, -0.05) is 19.9 Å². The van der Waals surface area contributed by atoms with Gasteiger partial charge in [0.1, 0.15) is 0 Å². The Morgan fingerprint density at radius 2 is 2.05 bits per heavy atom. The van der Waals surface area contributed by atoms with Crippen LogP contribution in [0.1, 0.15) is 32.6 Å². The molecule has 1 heterocycles. The molecule has 0 amide bonds. The highest BCUT2D eigenvalue weighted by Gasteiger charge is 2.09. The molecular weight excluding hydrogens is 280 g/mol. The third-order valence-corrected chi connectivity index (χ3v) is 4.47. The summed E-state index contributed by atoms with van der Waals surface area (Å²) in [6.45, 7) is 13.6. The molecule has 0 fully saturated rings. The van der Waals surface area contributed by atoms with Crippen molar-refractivity contribution in [3.05, 3.63) is 22.4 Å². The first-order valence-corrected chi connectivity index (χ1v) is 8.87. The molecular formula is C16H30N4S. The third kappa shape index (κ3) is 6.96. The maximum Gasteiger partial charge on any atom is 0.191 e. The zero-order chi connectivity index (χ0) is 15.5. The number of hydrogen-bond donors (Lipinski definition) is 2. The topological polar surface area (TPSA) is 39.7 Å². The van der Waals surface area contributed by atoms with E-state index >= 15 is 0 Å². The Morgan fingerprint density at radius 1 is 1.29 bits per heavy atom. The van der Waals surface area contributed by atoms with Gasteiger partial charge in [0.05, 0.1) is 6.54 Å². The van der Waals surface area contributed by atoms with E-state index in [-0.39, 0.29) is 0 Å². The molecule has 0 saturated carbocycles. The van der Waals surface area contributed by atoms with Crippen LogP contribution in [-0.2, 0) is 6.42 Å². The SMILES string of the molecule is CCNC(=NCC(C)N(CC)CC)NCCc1cccs1. The predicted octanol–water partition coefficient (Wildman–Crippen LogP) is 2.58. The molecule has 0 aromatic carbocycles. The van der Waals surface area contributed by atoms with Gasteiger partial charge in [-0.05, 0) is 44.8 Å². The normalized spacial score (nSPS) is 13.5. The van der Waals surface area contributed by atoms with E-state index in [1.807, 2.05) is 11.3 Å². The lowest BCUT2D eigenvalue weighted by atomic mass is 10.3. The molecule has 1 aromatic rings. The Hall–Kier alpha value is -1.07. The average molecular weight is 311 g/mol. The molecule has 1 atom stereocenters. The van der Waals surface area contributed by atoms with E-state index in [1.54, 1.807) is 0 Å². The number of nitrogens with one attached hydrogen (secondary N) is 2. The molecule has 0 aliphatic rings. The first-order valence-electron chi connectivity index (χ1n) is 7.99. The van der Waals surface area contributed by atoms with Crippen LogP contribution in [0.25, 0.3) is 0 Å². The summed E-state index contributed by atoms with van der Waals surface area (Å²) in [5.41, 5.74) is 0. The number of aliphatic imine (C=N–C) groups is 1. The summed E-state index contributed by atoms with van der Waals surface area (Å²) in [6, 6.07) is 4.76. The minimum atomic E-state index is 0.479. The van der Waals surface area contributed by atoms with Crippen molar-refractivity contribution in [3.63, 3.8) is 0 Å². The van der Waals surface area contributed by atoms with Crippen LogP contribution >= 0.6 is 11.3 Å². The number of guanidine groups is 1. The fourth-order valence-corrected chi connectivity index (χ4v) is 3.00. The molecule has 5 heteroatoms. The van der Waals surface area contributed by atoms with E-state index in [4.69, 9.17) is 4.99 Å². The summed E-state index contributed by atoms with van der Waals surface area (Å²) in [5.74, 6) is 0.924. The molecule has 4 nitrogen and oxygen atoms in total. The molecule has 0 spiro atoms. The second kappa shape index (κ2) is 10.6. The van der Waals surface area contributed by atoms with E-state index in [0.717, 1.165) is 45.1 Å². The van der Waals surface area contributed by atoms with E-state index in [0.29, 0.717) is 6.04 Å². The van der Waals surface area contributed by atoms with Gasteiger partial charge < -0.3 is 10.6 Å². The minimum Gasteiger partial charge on any atom is -0.357 e. The summed E-state index contributed by atoms with van der Waals surface area (Å²) in [4.78, 5) is 8.55. The van der Waals surface area contributed by atoms with E-state index < -0.39 is 0 Å². The van der Waals surface area contributed by atoms with Crippen molar-refractivity contribution < 1.29 is 0 Å². The van der Waals surface area contributed by atoms with Gasteiger partial charge >= 0.3 is 0 Å². The Kier molecular flexibility index (Phi) is 9.10. The molecule has 1 aromatic heterocycles. The van der Waals surface area contributed by atoms with Gasteiger partial charge in [0.15, 0.2) is 5.96 Å². The van der Waals surface area contributed by atoms with Gasteiger partial charge in [-0.2, -0.15) is 0 Å². The highest BCUT2D eigenvalue weighted by atomic mass is 32.1. The first kappa shape index (κ1) is 18.0. The predicted molar refractivity (Wildman–Crippen MR) is 94.4 cm³/mol. The molecule has 0 aliphatic heterocycles. The number of rotatable bonds is 9. The van der Waals surface area contributed by atoms with Gasteiger partial charge in [0.25, 0.3) is 0 Å². The number of likely N-dealkylation sites (N-methyl/N-ethyl adjacent to an activating group) is 1. The van der Waals surface area contributed by atoms with Crippen LogP contribution in [0.3, 0.4) is 0 Å². The standard InChI is InChI=1S/C16H30N4S/c1-5-17-16(18-11-10-15-9-8-12-21-15)19-13-14(4)20(6-2)7-3/h8-9,12,14H,5-7,10-11,13H2,1-4H3,(H2,17,18,19). The van der Waals surface area contributed by atoms with Crippen LogP contribution in [0.2, 0.25) is 0 Å². The fourth-order valence-electron chi connectivity index (χ4n) is 2.29. The average Bonchev–Trinajstić information content (AvgIpc) is 2.99. The van der Waals surface area contributed by atoms with E-state index in [1.165, 1.54) is 4.88 Å². The van der Waals surface area contributed by atoms with Gasteiger partial charge in [0, 0.05) is 24.0 Å². The highest BCUT2D eigenvalue weighted by Crippen LogP contribution is 2.08. The van der Waals surface area contributed by atoms with Crippen molar-refractivity contribution in [2.45, 2.75) is 40.2 Å². The summed E-state index contributed by atoms with van der Waals surface area (Å²) < 4.78 is 0. The molecule has 2 N–H and O–H groups in total. The van der Waals surface area contributed by atoms with Crippen molar-refractivity contribution in [1.82, 2.24) is 15.5 Å². The summed E-state index contributed by atoms with van der Waals surface area (Å²) in [5, 5.41) is 8.86. The quantitative estimate of drug-likeness (QED) is 0.544. The number of thiophene rings is 1. The van der Waals surface area contributed by atoms with Gasteiger partial charge in [0.2, 0.25) is 0 Å². The molecule has 0 saturated heterocycles. The molecule has 120 valence electrons. The van der Waals surface area contributed by atoms with Crippen LogP contribution in [0.15, 0.2) is 22.5 Å². The van der Waals surface area contributed by atoms with E-state index in [2.05, 4.69) is 60.7 Å². The van der Waals surface area contributed by atoms with Crippen LogP contribution in [0.5, 0.6) is 0 Å². The lowest BCUT2D eigenvalue weighted by molar-refractivity contribution is 0.237. The summed E-state index contributed by atoms with van der Waals surface area (Å²) >= 11 is 1.81. The molecule has 0 radical (unpaired) electrons. The summed E-state index contributed by atoms with van der Waals surface area (Å²) in [6.07, 6.45) is 1.05. The zero-order valence-electron chi connectivity index (χ0n) is 13.9. The Bertz CT molecular complexity index is 385. The molecule has 1 rings (SSSR count). The minimum absolute atomic E-state index is 0.479. The van der Waals surface area contributed by atoms with E-state index in [9.17, 15) is 0 Å². The number of hydrogen-bond acceptors (Lipinski definition) is 3. The maximum atomic E-state index is 4.71. The molecule has 0 aliphatic carbocycles. The van der Waals surface area contributed by atoms with Crippen LogP contribution < -0.4 is 10.6 Å². The Morgan fingerprint density at radius 3 is 2.62 bits per heavy atom. The van der Waals surface area contributed by atoms with Gasteiger partial charge in [-0.3, -0.25) is 9.89 Å². The largest absolute Gasteiger partial charge is 0.357 e.